The number of hydrogen-bond acceptors (Lipinski definition) is 7. The van der Waals surface area contributed by atoms with Gasteiger partial charge in [0.25, 0.3) is 5.91 Å². The minimum absolute atomic E-state index is 0.262. The number of carbonyl (C=O) groups is 1. The fourth-order valence-corrected chi connectivity index (χ4v) is 3.19. The Balaban J connectivity index is 1.52. The van der Waals surface area contributed by atoms with Crippen LogP contribution in [0.1, 0.15) is 16.1 Å². The number of ether oxygens (including phenoxy) is 1. The van der Waals surface area contributed by atoms with E-state index >= 15 is 0 Å². The second-order valence-corrected chi connectivity index (χ2v) is 6.64. The zero-order chi connectivity index (χ0) is 19.3. The molecule has 0 aliphatic rings. The lowest BCUT2D eigenvalue weighted by atomic mass is 10.1. The van der Waals surface area contributed by atoms with Crippen molar-refractivity contribution in [2.75, 3.05) is 5.32 Å². The van der Waals surface area contributed by atoms with Gasteiger partial charge in [-0.2, -0.15) is 0 Å². The minimum atomic E-state index is -0.262. The molecule has 8 nitrogen and oxygen atoms in total. The molecule has 140 valence electrons. The topological polar surface area (TPSA) is 94.8 Å². The normalized spacial score (nSPS) is 10.6. The molecule has 0 unspecified atom stereocenters. The number of para-hydroxylation sites is 1. The third-order valence-corrected chi connectivity index (χ3v) is 4.62. The van der Waals surface area contributed by atoms with Crippen LogP contribution in [-0.2, 0) is 13.7 Å². The number of aryl methyl sites for hydroxylation is 1. The van der Waals surface area contributed by atoms with E-state index in [1.807, 2.05) is 35.7 Å². The second-order valence-electron chi connectivity index (χ2n) is 5.93. The van der Waals surface area contributed by atoms with Gasteiger partial charge in [-0.15, -0.1) is 16.4 Å². The van der Waals surface area contributed by atoms with Crippen LogP contribution in [0.4, 0.5) is 5.69 Å². The first kappa shape index (κ1) is 17.8. The summed E-state index contributed by atoms with van der Waals surface area (Å²) in [5.74, 6) is 0.854. The number of nitrogens with zero attached hydrogens (tertiary/aromatic N) is 5. The Hall–Kier alpha value is -3.59. The van der Waals surface area contributed by atoms with Gasteiger partial charge in [-0.25, -0.2) is 9.67 Å². The molecular weight excluding hydrogens is 376 g/mol. The standard InChI is InChI=1S/C19H16N6O2S/c1-25-18(22-23-24-25)13-5-4-6-14(9-13)21-19(26)16-7-2-3-8-17(16)27-10-15-11-28-12-20-15/h2-9,11-12H,10H2,1H3,(H,21,26). The number of carbonyl (C=O) groups excluding carboxylic acids is 1. The van der Waals surface area contributed by atoms with Crippen molar-refractivity contribution in [1.29, 1.82) is 0 Å². The zero-order valence-electron chi connectivity index (χ0n) is 14.9. The number of tetrazole rings is 1. The molecule has 0 atom stereocenters. The van der Waals surface area contributed by atoms with Crippen LogP contribution in [0.25, 0.3) is 11.4 Å². The SMILES string of the molecule is Cn1nnnc1-c1cccc(NC(=O)c2ccccc2OCc2cscn2)c1. The number of benzene rings is 2. The summed E-state index contributed by atoms with van der Waals surface area (Å²) in [6, 6.07) is 14.5. The van der Waals surface area contributed by atoms with Crippen molar-refractivity contribution in [3.63, 3.8) is 0 Å². The van der Waals surface area contributed by atoms with Crippen molar-refractivity contribution < 1.29 is 9.53 Å². The van der Waals surface area contributed by atoms with Crippen LogP contribution in [0.2, 0.25) is 0 Å². The maximum absolute atomic E-state index is 12.8. The number of amides is 1. The Morgan fingerprint density at radius 2 is 2.11 bits per heavy atom. The highest BCUT2D eigenvalue weighted by Crippen LogP contribution is 2.23. The Bertz CT molecular complexity index is 1090. The van der Waals surface area contributed by atoms with E-state index in [0.717, 1.165) is 11.3 Å². The number of nitrogens with one attached hydrogen (secondary N) is 1. The van der Waals surface area contributed by atoms with Crippen LogP contribution >= 0.6 is 11.3 Å². The second kappa shape index (κ2) is 7.97. The molecule has 4 rings (SSSR count). The van der Waals surface area contributed by atoms with Crippen molar-refractivity contribution in [1.82, 2.24) is 25.2 Å². The highest BCUT2D eigenvalue weighted by Gasteiger charge is 2.14. The number of aromatic nitrogens is 5. The summed E-state index contributed by atoms with van der Waals surface area (Å²) < 4.78 is 7.36. The predicted octanol–water partition coefficient (Wildman–Crippen LogP) is 3.16. The first-order chi connectivity index (χ1) is 13.7. The number of anilines is 1. The third-order valence-electron chi connectivity index (χ3n) is 3.99. The van der Waals surface area contributed by atoms with Crippen LogP contribution < -0.4 is 10.1 Å². The monoisotopic (exact) mass is 392 g/mol. The van der Waals surface area contributed by atoms with E-state index in [0.29, 0.717) is 29.4 Å². The molecule has 0 aliphatic carbocycles. The van der Waals surface area contributed by atoms with Gasteiger partial charge in [0.1, 0.15) is 12.4 Å². The average Bonchev–Trinajstić information content (AvgIpc) is 3.38. The molecule has 0 bridgehead atoms. The van der Waals surface area contributed by atoms with Crippen LogP contribution in [0.15, 0.2) is 59.4 Å². The van der Waals surface area contributed by atoms with Gasteiger partial charge in [0.2, 0.25) is 0 Å². The van der Waals surface area contributed by atoms with Crippen LogP contribution in [0.5, 0.6) is 5.75 Å². The van der Waals surface area contributed by atoms with E-state index in [9.17, 15) is 4.79 Å². The summed E-state index contributed by atoms with van der Waals surface area (Å²) in [4.78, 5) is 17.0. The van der Waals surface area contributed by atoms with Gasteiger partial charge >= 0.3 is 0 Å². The molecule has 0 fully saturated rings. The molecule has 0 spiro atoms. The lowest BCUT2D eigenvalue weighted by Crippen LogP contribution is -2.13. The molecular formula is C19H16N6O2S. The highest BCUT2D eigenvalue weighted by atomic mass is 32.1. The van der Waals surface area contributed by atoms with Gasteiger partial charge in [-0.1, -0.05) is 24.3 Å². The molecule has 9 heteroatoms. The Morgan fingerprint density at radius 1 is 1.21 bits per heavy atom. The molecule has 0 saturated carbocycles. The molecule has 1 N–H and O–H groups in total. The van der Waals surface area contributed by atoms with Gasteiger partial charge < -0.3 is 10.1 Å². The fourth-order valence-electron chi connectivity index (χ4n) is 2.65. The summed E-state index contributed by atoms with van der Waals surface area (Å²) in [6.45, 7) is 0.308. The largest absolute Gasteiger partial charge is 0.486 e. The Morgan fingerprint density at radius 3 is 2.89 bits per heavy atom. The van der Waals surface area contributed by atoms with Crippen molar-refractivity contribution >= 4 is 22.9 Å². The highest BCUT2D eigenvalue weighted by molar-refractivity contribution is 7.07. The number of thiazole rings is 1. The van der Waals surface area contributed by atoms with E-state index < -0.39 is 0 Å². The smallest absolute Gasteiger partial charge is 0.259 e. The minimum Gasteiger partial charge on any atom is -0.486 e. The molecule has 2 aromatic heterocycles. The van der Waals surface area contributed by atoms with E-state index in [4.69, 9.17) is 4.74 Å². The molecule has 4 aromatic rings. The summed E-state index contributed by atoms with van der Waals surface area (Å²) in [5, 5.41) is 16.3. The molecule has 2 aromatic carbocycles. The fraction of sp³-hybridized carbons (Fsp3) is 0.105. The summed E-state index contributed by atoms with van der Waals surface area (Å²) >= 11 is 1.50. The lowest BCUT2D eigenvalue weighted by molar-refractivity contribution is 0.102. The Kier molecular flexibility index (Phi) is 5.07. The van der Waals surface area contributed by atoms with Crippen LogP contribution in [0, 0.1) is 0 Å². The summed E-state index contributed by atoms with van der Waals surface area (Å²) in [6.07, 6.45) is 0. The Labute approximate surface area is 164 Å². The number of hydrogen-bond donors (Lipinski definition) is 1. The van der Waals surface area contributed by atoms with Gasteiger partial charge in [0.05, 0.1) is 16.8 Å². The molecule has 1 amide bonds. The average molecular weight is 392 g/mol. The quantitative estimate of drug-likeness (QED) is 0.542. The zero-order valence-corrected chi connectivity index (χ0v) is 15.8. The van der Waals surface area contributed by atoms with E-state index in [-0.39, 0.29) is 5.91 Å². The van der Waals surface area contributed by atoms with E-state index in [1.54, 1.807) is 35.4 Å². The molecule has 0 aliphatic heterocycles. The van der Waals surface area contributed by atoms with Crippen molar-refractivity contribution in [2.45, 2.75) is 6.61 Å². The van der Waals surface area contributed by atoms with Crippen molar-refractivity contribution in [2.24, 2.45) is 7.05 Å². The molecule has 2 heterocycles. The first-order valence-electron chi connectivity index (χ1n) is 8.44. The first-order valence-corrected chi connectivity index (χ1v) is 9.38. The molecule has 0 saturated heterocycles. The van der Waals surface area contributed by atoms with Crippen LogP contribution in [0.3, 0.4) is 0 Å². The summed E-state index contributed by atoms with van der Waals surface area (Å²) in [5.41, 5.74) is 4.46. The van der Waals surface area contributed by atoms with Crippen LogP contribution in [-0.4, -0.2) is 31.1 Å². The van der Waals surface area contributed by atoms with Gasteiger partial charge in [-0.05, 0) is 34.7 Å². The third kappa shape index (κ3) is 3.89. The van der Waals surface area contributed by atoms with E-state index in [1.165, 1.54) is 11.3 Å². The van der Waals surface area contributed by atoms with Crippen molar-refractivity contribution in [3.05, 3.63) is 70.7 Å². The summed E-state index contributed by atoms with van der Waals surface area (Å²) in [7, 11) is 1.76. The van der Waals surface area contributed by atoms with Gasteiger partial charge in [0, 0.05) is 23.7 Å². The molecule has 28 heavy (non-hydrogen) atoms. The van der Waals surface area contributed by atoms with Gasteiger partial charge in [0.15, 0.2) is 5.82 Å². The van der Waals surface area contributed by atoms with Gasteiger partial charge in [-0.3, -0.25) is 4.79 Å². The maximum Gasteiger partial charge on any atom is 0.259 e. The predicted molar refractivity (Wildman–Crippen MR) is 105 cm³/mol. The van der Waals surface area contributed by atoms with E-state index in [2.05, 4.69) is 25.8 Å². The maximum atomic E-state index is 12.8. The number of rotatable bonds is 6. The lowest BCUT2D eigenvalue weighted by Gasteiger charge is -2.11. The molecule has 0 radical (unpaired) electrons. The van der Waals surface area contributed by atoms with Crippen molar-refractivity contribution in [3.8, 4) is 17.1 Å².